The molecule has 0 bridgehead atoms. The van der Waals surface area contributed by atoms with Crippen LogP contribution in [-0.4, -0.2) is 49.8 Å². The summed E-state index contributed by atoms with van der Waals surface area (Å²) in [5, 5.41) is 25.8. The normalized spacial score (nSPS) is 16.7. The predicted octanol–water partition coefficient (Wildman–Crippen LogP) is -3.83. The van der Waals surface area contributed by atoms with Crippen molar-refractivity contribution in [1.29, 1.82) is 5.26 Å². The number of Topliss-reactive ketones (excluding diaryl/α,β-unsaturated/α-hetero) is 1. The Labute approximate surface area is 325 Å². The smallest absolute Gasteiger partial charge is 0.652 e. The first-order valence-electron chi connectivity index (χ1n) is 11.7. The van der Waals surface area contributed by atoms with Crippen LogP contribution < -0.4 is 118 Å². The van der Waals surface area contributed by atoms with Crippen LogP contribution in [0.2, 0.25) is 0 Å². The molecule has 0 radical (unpaired) electrons. The molecule has 0 saturated heterocycles. The maximum Gasteiger partial charge on any atom is 1.00 e. The maximum absolute atomic E-state index is 13.9. The molecule has 1 aliphatic carbocycles. The number of allylic oxidation sites excluding steroid dienone is 1. The van der Waals surface area contributed by atoms with Gasteiger partial charge in [0.1, 0.15) is 9.84 Å². The van der Waals surface area contributed by atoms with E-state index in [0.717, 1.165) is 23.3 Å². The topological polar surface area (TPSA) is 162 Å². The molecular weight excluding hydrogens is 634 g/mol. The summed E-state index contributed by atoms with van der Waals surface area (Å²) in [5.74, 6) is -0.668. The summed E-state index contributed by atoms with van der Waals surface area (Å²) in [6, 6.07) is 10.9. The van der Waals surface area contributed by atoms with E-state index in [2.05, 4.69) is 0 Å². The molecule has 2 aromatic carbocycles. The summed E-state index contributed by atoms with van der Waals surface area (Å²) in [7, 11) is -3.52. The Morgan fingerprint density at radius 2 is 1.67 bits per heavy atom. The fraction of sp³-hybridized carbons (Fsp3) is 0.308. The van der Waals surface area contributed by atoms with E-state index < -0.39 is 45.6 Å². The molecule has 4 rings (SSSR count). The first-order chi connectivity index (χ1) is 18.6. The van der Waals surface area contributed by atoms with E-state index in [9.17, 15) is 31.2 Å². The number of hydrogen-bond acceptors (Lipinski definition) is 8. The van der Waals surface area contributed by atoms with Crippen molar-refractivity contribution >= 4 is 33.5 Å². The molecule has 0 saturated carbocycles. The second-order valence-electron chi connectivity index (χ2n) is 9.01. The number of nitrogens with zero attached hydrogens (tertiary/aromatic N) is 3. The summed E-state index contributed by atoms with van der Waals surface area (Å²) in [5.41, 5.74) is 0.409. The van der Waals surface area contributed by atoms with E-state index in [0.29, 0.717) is 23.2 Å². The van der Waals surface area contributed by atoms with Gasteiger partial charge in [-0.2, -0.15) is 18.4 Å². The first kappa shape index (κ1) is 38.9. The number of sulfone groups is 1. The van der Waals surface area contributed by atoms with E-state index in [-0.39, 0.29) is 139 Å². The molecule has 1 aliphatic heterocycles. The molecule has 1 heterocycles. The molecule has 0 aromatic heterocycles. The maximum atomic E-state index is 13.9. The molecule has 42 heavy (non-hydrogen) atoms. The summed E-state index contributed by atoms with van der Waals surface area (Å²) < 4.78 is 64.2. The van der Waals surface area contributed by atoms with Crippen LogP contribution in [-0.2, 0) is 20.8 Å². The second-order valence-corrected chi connectivity index (χ2v) is 11.3. The number of urea groups is 1. The van der Waals surface area contributed by atoms with Gasteiger partial charge in [-0.15, -0.1) is 0 Å². The van der Waals surface area contributed by atoms with E-state index in [4.69, 9.17) is 20.3 Å². The van der Waals surface area contributed by atoms with Gasteiger partial charge in [-0.05, 0) is 54.9 Å². The molecule has 2 aliphatic rings. The number of anilines is 1. The third kappa shape index (κ3) is 9.96. The Bertz CT molecular complexity index is 1500. The first-order valence-corrected chi connectivity index (χ1v) is 13.8. The van der Waals surface area contributed by atoms with E-state index in [1.54, 1.807) is 12.1 Å². The zero-order valence-corrected chi connectivity index (χ0v) is 30.0. The predicted molar refractivity (Wildman–Crippen MR) is 131 cm³/mol. The van der Waals surface area contributed by atoms with Crippen LogP contribution in [0.1, 0.15) is 42.0 Å². The molecule has 16 heteroatoms. The van der Waals surface area contributed by atoms with Crippen LogP contribution >= 0.6 is 0 Å². The molecule has 2 aromatic rings. The largest absolute Gasteiger partial charge is 1.00 e. The fourth-order valence-corrected chi connectivity index (χ4v) is 5.09. The van der Waals surface area contributed by atoms with Gasteiger partial charge in [0.25, 0.3) is 0 Å². The van der Waals surface area contributed by atoms with Crippen LogP contribution in [0, 0.1) is 11.3 Å². The van der Waals surface area contributed by atoms with Gasteiger partial charge in [0, 0.05) is 30.5 Å². The van der Waals surface area contributed by atoms with Crippen molar-refractivity contribution in [3.8, 4) is 6.07 Å². The van der Waals surface area contributed by atoms with Gasteiger partial charge in [0.05, 0.1) is 34.7 Å². The fourth-order valence-electron chi connectivity index (χ4n) is 4.56. The quantitative estimate of drug-likeness (QED) is 0.296. The van der Waals surface area contributed by atoms with Crippen molar-refractivity contribution in [1.82, 2.24) is 4.90 Å². The van der Waals surface area contributed by atoms with Crippen LogP contribution in [0.3, 0.4) is 0 Å². The molecule has 10 nitrogen and oxygen atoms in total. The molecule has 1 atom stereocenters. The average Bonchev–Trinajstić information content (AvgIpc) is 2.86. The van der Waals surface area contributed by atoms with Crippen molar-refractivity contribution in [2.24, 2.45) is 0 Å². The van der Waals surface area contributed by atoms with Crippen molar-refractivity contribution in [2.75, 3.05) is 23.5 Å². The standard InChI is InChI=1S/C25H22F3N3O4S.CH2O3.2K/c1-36(34,35)13-12-30-23(17-10-8-16(15-29)9-11-17)22-20(6-3-7-21(22)32)31(24(30)33)19-5-2-4-18(14-19)25(26,27)28;2-1(3)4;;/h2,4-5,8-11,14,23H,3,6-7,12-13H2,1H3;(H2,2,3,4);;/q;;2*+1/p-2. The van der Waals surface area contributed by atoms with Crippen LogP contribution in [0.25, 0.3) is 0 Å². The summed E-state index contributed by atoms with van der Waals surface area (Å²) in [6.45, 7) is -0.276. The molecule has 0 N–H and O–H groups in total. The number of amides is 2. The molecular formula is C26H22F3K2N3O7S. The van der Waals surface area contributed by atoms with Gasteiger partial charge < -0.3 is 19.9 Å². The van der Waals surface area contributed by atoms with Crippen molar-refractivity contribution < 1.29 is 149 Å². The summed E-state index contributed by atoms with van der Waals surface area (Å²) in [4.78, 5) is 37.7. The van der Waals surface area contributed by atoms with Crippen LogP contribution in [0.5, 0.6) is 0 Å². The van der Waals surface area contributed by atoms with E-state index in [1.807, 2.05) is 6.07 Å². The number of rotatable bonds is 5. The minimum atomic E-state index is -4.64. The Kier molecular flexibility index (Phi) is 15.1. The number of carbonyl (C=O) groups excluding carboxylic acids is 3. The Morgan fingerprint density at radius 3 is 2.19 bits per heavy atom. The van der Waals surface area contributed by atoms with Crippen molar-refractivity contribution in [2.45, 2.75) is 31.5 Å². The van der Waals surface area contributed by atoms with Gasteiger partial charge in [0.15, 0.2) is 5.78 Å². The number of carbonyl (C=O) groups is 3. The molecule has 0 spiro atoms. The average molecular weight is 656 g/mol. The van der Waals surface area contributed by atoms with Gasteiger partial charge in [0.2, 0.25) is 0 Å². The van der Waals surface area contributed by atoms with E-state index >= 15 is 0 Å². The van der Waals surface area contributed by atoms with Gasteiger partial charge in [-0.3, -0.25) is 9.69 Å². The minimum Gasteiger partial charge on any atom is -0.652 e. The van der Waals surface area contributed by atoms with Gasteiger partial charge in [-0.25, -0.2) is 13.2 Å². The SMILES string of the molecule is CS(=O)(=O)CCN1C(=O)N(c2cccc(C(F)(F)F)c2)C2=C(C(=O)CCC2)C1c1ccc(C#N)cc1.O=C([O-])[O-].[K+].[K+]. The Balaban J connectivity index is 0.00000138. The number of nitriles is 1. The van der Waals surface area contributed by atoms with Crippen LogP contribution in [0.15, 0.2) is 59.8 Å². The second kappa shape index (κ2) is 16.3. The number of benzene rings is 2. The van der Waals surface area contributed by atoms with Crippen molar-refractivity contribution in [3.05, 3.63) is 76.5 Å². The number of alkyl halides is 3. The van der Waals surface area contributed by atoms with Crippen LogP contribution in [0.4, 0.5) is 28.4 Å². The molecule has 0 fully saturated rings. The number of halogens is 3. The third-order valence-corrected chi connectivity index (χ3v) is 7.14. The number of ketones is 1. The van der Waals surface area contributed by atoms with Gasteiger partial charge in [-0.1, -0.05) is 18.2 Å². The van der Waals surface area contributed by atoms with Gasteiger partial charge >= 0.3 is 115 Å². The molecule has 2 amide bonds. The third-order valence-electron chi connectivity index (χ3n) is 6.21. The number of hydrogen-bond donors (Lipinski definition) is 0. The molecule has 212 valence electrons. The summed E-state index contributed by atoms with van der Waals surface area (Å²) in [6.07, 6.45) is -5.07. The number of carboxylic acid groups (broad SMARTS) is 2. The van der Waals surface area contributed by atoms with E-state index in [1.165, 1.54) is 29.2 Å². The summed E-state index contributed by atoms with van der Waals surface area (Å²) >= 11 is 0. The zero-order valence-electron chi connectivity index (χ0n) is 23.0. The monoisotopic (exact) mass is 655 g/mol. The minimum absolute atomic E-state index is 0. The Hall–Kier alpha value is -1.11. The molecule has 1 unspecified atom stereocenters. The Morgan fingerprint density at radius 1 is 1.07 bits per heavy atom. The zero-order chi connectivity index (χ0) is 29.8. The van der Waals surface area contributed by atoms with Crippen molar-refractivity contribution in [3.63, 3.8) is 0 Å².